The lowest BCUT2D eigenvalue weighted by Gasteiger charge is -2.36. The Balaban J connectivity index is 1.29. The van der Waals surface area contributed by atoms with E-state index in [1.807, 2.05) is 18.2 Å². The SMILES string of the molecule is C=C(C)S(=O)(=O)NC(=O)c1ccc2c(C3CCCCC3)c3n(c2c1)C[C@@]1(C(=O)N2C[C@@]4(COC)CNC[C@@]4(COC)C2)C[C@H]1c1cc(OC)ccc1-3. The van der Waals surface area contributed by atoms with Crippen molar-refractivity contribution in [2.75, 3.05) is 60.7 Å². The van der Waals surface area contributed by atoms with Crippen LogP contribution in [0.4, 0.5) is 0 Å². The molecule has 278 valence electrons. The number of ether oxygens (including phenoxy) is 3. The average molecular weight is 731 g/mol. The van der Waals surface area contributed by atoms with E-state index in [9.17, 15) is 13.2 Å². The van der Waals surface area contributed by atoms with Gasteiger partial charge in [0.2, 0.25) is 5.91 Å². The molecular weight excluding hydrogens is 681 g/mol. The zero-order valence-electron chi connectivity index (χ0n) is 30.7. The molecule has 2 N–H and O–H groups in total. The molecular formula is C40H50N4O7S. The van der Waals surface area contributed by atoms with Crippen LogP contribution in [-0.2, 0) is 30.8 Å². The van der Waals surface area contributed by atoms with E-state index < -0.39 is 21.3 Å². The maximum absolute atomic E-state index is 15.3. The molecule has 0 spiro atoms. The van der Waals surface area contributed by atoms with Crippen molar-refractivity contribution in [2.24, 2.45) is 16.2 Å². The number of benzene rings is 2. The Morgan fingerprint density at radius 1 is 0.962 bits per heavy atom. The second-order valence-electron chi connectivity index (χ2n) is 16.1. The Bertz CT molecular complexity index is 2070. The summed E-state index contributed by atoms with van der Waals surface area (Å²) in [5, 5.41) is 4.63. The molecule has 0 bridgehead atoms. The average Bonchev–Trinajstić information content (AvgIpc) is 3.53. The molecule has 3 aliphatic heterocycles. The van der Waals surface area contributed by atoms with Gasteiger partial charge in [-0.05, 0) is 73.6 Å². The lowest BCUT2D eigenvalue weighted by Crippen LogP contribution is -2.46. The van der Waals surface area contributed by atoms with Gasteiger partial charge in [0.15, 0.2) is 0 Å². The third kappa shape index (κ3) is 5.27. The largest absolute Gasteiger partial charge is 0.497 e. The van der Waals surface area contributed by atoms with Crippen LogP contribution in [0.3, 0.4) is 0 Å². The fraction of sp³-hybridized carbons (Fsp3) is 0.550. The van der Waals surface area contributed by atoms with Gasteiger partial charge in [-0.1, -0.05) is 31.9 Å². The molecule has 8 rings (SSSR count). The minimum absolute atomic E-state index is 0.0123. The van der Waals surface area contributed by atoms with Crippen molar-refractivity contribution in [1.82, 2.24) is 19.5 Å². The van der Waals surface area contributed by atoms with Crippen LogP contribution in [0.5, 0.6) is 5.75 Å². The first-order valence-electron chi connectivity index (χ1n) is 18.5. The smallest absolute Gasteiger partial charge is 0.265 e. The Morgan fingerprint density at radius 2 is 1.65 bits per heavy atom. The van der Waals surface area contributed by atoms with Gasteiger partial charge in [-0.25, -0.2) is 13.1 Å². The highest BCUT2D eigenvalue weighted by Crippen LogP contribution is 2.67. The third-order valence-corrected chi connectivity index (χ3v) is 14.4. The third-order valence-electron chi connectivity index (χ3n) is 13.1. The predicted octanol–water partition coefficient (Wildman–Crippen LogP) is 5.16. The molecule has 5 aliphatic rings. The van der Waals surface area contributed by atoms with Gasteiger partial charge in [0.1, 0.15) is 5.75 Å². The summed E-state index contributed by atoms with van der Waals surface area (Å²) in [7, 11) is 1.11. The first-order chi connectivity index (χ1) is 24.9. The number of carbonyl (C=O) groups excluding carboxylic acids is 2. The van der Waals surface area contributed by atoms with Gasteiger partial charge in [0.25, 0.3) is 15.9 Å². The summed E-state index contributed by atoms with van der Waals surface area (Å²) in [5.41, 5.74) is 4.42. The second-order valence-corrected chi connectivity index (χ2v) is 18.0. The molecule has 2 aromatic carbocycles. The van der Waals surface area contributed by atoms with Crippen molar-refractivity contribution in [3.8, 4) is 17.0 Å². The zero-order chi connectivity index (χ0) is 36.6. The Kier molecular flexibility index (Phi) is 8.63. The number of sulfonamides is 1. The normalized spacial score (nSPS) is 28.1. The van der Waals surface area contributed by atoms with Crippen molar-refractivity contribution < 1.29 is 32.2 Å². The molecule has 2 saturated heterocycles. The Hall–Kier alpha value is -3.71. The van der Waals surface area contributed by atoms with E-state index in [0.717, 1.165) is 72.2 Å². The van der Waals surface area contributed by atoms with Crippen LogP contribution in [0, 0.1) is 16.2 Å². The standard InChI is InChI=1S/C40H50N4O7S/c1-25(2)52(47,48)42-36(45)27-11-13-30-33(15-27)44-22-40(37(46)43-20-38(23-49-3)18-41-19-39(38,21-43)24-50-4)17-32(40)31-16-28(51-5)12-14-29(31)35(44)34(30)26-9-7-6-8-10-26/h11-16,26,32,41H,1,6-10,17-24H2,2-5H3,(H,42,45)/t32-,38-,39+,40-/m0/s1. The second kappa shape index (κ2) is 12.7. The minimum Gasteiger partial charge on any atom is -0.497 e. The predicted molar refractivity (Wildman–Crippen MR) is 199 cm³/mol. The van der Waals surface area contributed by atoms with E-state index in [1.165, 1.54) is 18.9 Å². The van der Waals surface area contributed by atoms with Gasteiger partial charge < -0.3 is 29.0 Å². The summed E-state index contributed by atoms with van der Waals surface area (Å²) in [6.45, 7) is 9.09. The van der Waals surface area contributed by atoms with Crippen molar-refractivity contribution in [3.05, 3.63) is 64.6 Å². The molecule has 1 aromatic heterocycles. The van der Waals surface area contributed by atoms with E-state index in [-0.39, 0.29) is 33.1 Å². The highest BCUT2D eigenvalue weighted by molar-refractivity contribution is 7.93. The van der Waals surface area contributed by atoms with Crippen LogP contribution >= 0.6 is 0 Å². The van der Waals surface area contributed by atoms with Gasteiger partial charge in [-0.15, -0.1) is 0 Å². The van der Waals surface area contributed by atoms with E-state index in [4.69, 9.17) is 14.2 Å². The lowest BCUT2D eigenvalue weighted by atomic mass is 9.69. The molecule has 2 aliphatic carbocycles. The van der Waals surface area contributed by atoms with Crippen LogP contribution < -0.4 is 14.8 Å². The molecule has 2 saturated carbocycles. The molecule has 2 amide bonds. The molecule has 11 nitrogen and oxygen atoms in total. The number of hydrogen-bond donors (Lipinski definition) is 2. The van der Waals surface area contributed by atoms with Crippen LogP contribution in [0.25, 0.3) is 22.2 Å². The molecule has 4 heterocycles. The summed E-state index contributed by atoms with van der Waals surface area (Å²) in [6.07, 6.45) is 6.33. The molecule has 3 aromatic rings. The van der Waals surface area contributed by atoms with Gasteiger partial charge in [0.05, 0.1) is 36.3 Å². The lowest BCUT2D eigenvalue weighted by molar-refractivity contribution is -0.137. The molecule has 0 radical (unpaired) electrons. The van der Waals surface area contributed by atoms with Gasteiger partial charge in [-0.3, -0.25) is 9.59 Å². The summed E-state index contributed by atoms with van der Waals surface area (Å²) in [4.78, 5) is 30.7. The number of rotatable bonds is 10. The van der Waals surface area contributed by atoms with Crippen LogP contribution in [-0.4, -0.2) is 90.4 Å². The molecule has 52 heavy (non-hydrogen) atoms. The fourth-order valence-electron chi connectivity index (χ4n) is 10.4. The maximum atomic E-state index is 15.3. The van der Waals surface area contributed by atoms with Gasteiger partial charge in [-0.2, -0.15) is 0 Å². The van der Waals surface area contributed by atoms with Crippen LogP contribution in [0.2, 0.25) is 0 Å². The number of nitrogens with zero attached hydrogens (tertiary/aromatic N) is 2. The number of likely N-dealkylation sites (tertiary alicyclic amines) is 1. The van der Waals surface area contributed by atoms with E-state index in [0.29, 0.717) is 45.2 Å². The Labute approximate surface area is 306 Å². The monoisotopic (exact) mass is 730 g/mol. The molecule has 4 atom stereocenters. The summed E-state index contributed by atoms with van der Waals surface area (Å²) in [5.74, 6) is 0.495. The summed E-state index contributed by atoms with van der Waals surface area (Å²) >= 11 is 0. The van der Waals surface area contributed by atoms with Crippen LogP contribution in [0.15, 0.2) is 47.9 Å². The van der Waals surface area contributed by atoms with Crippen molar-refractivity contribution in [1.29, 1.82) is 0 Å². The molecule has 4 fully saturated rings. The number of aromatic nitrogens is 1. The number of carbonyl (C=O) groups is 2. The quantitative estimate of drug-likeness (QED) is 0.293. The first kappa shape index (κ1) is 35.3. The Morgan fingerprint density at radius 3 is 2.29 bits per heavy atom. The minimum atomic E-state index is -4.02. The van der Waals surface area contributed by atoms with Crippen molar-refractivity contribution >= 4 is 32.7 Å². The van der Waals surface area contributed by atoms with Gasteiger partial charge >= 0.3 is 0 Å². The number of amides is 2. The molecule has 0 unspecified atom stereocenters. The highest BCUT2D eigenvalue weighted by Gasteiger charge is 2.68. The summed E-state index contributed by atoms with van der Waals surface area (Å²) < 4.78 is 47.1. The van der Waals surface area contributed by atoms with E-state index in [1.54, 1.807) is 27.4 Å². The number of hydrogen-bond acceptors (Lipinski definition) is 8. The van der Waals surface area contributed by atoms with Gasteiger partial charge in [0, 0.05) is 85.7 Å². The topological polar surface area (TPSA) is 128 Å². The number of fused-ring (bicyclic) bond motifs is 8. The number of allylic oxidation sites excluding steroid dienone is 1. The van der Waals surface area contributed by atoms with E-state index in [2.05, 4.69) is 38.2 Å². The van der Waals surface area contributed by atoms with Crippen LogP contribution in [0.1, 0.15) is 78.8 Å². The first-order valence-corrected chi connectivity index (χ1v) is 20.0. The number of nitrogens with one attached hydrogen (secondary N) is 2. The fourth-order valence-corrected chi connectivity index (χ4v) is 10.9. The van der Waals surface area contributed by atoms with Crippen molar-refractivity contribution in [2.45, 2.75) is 63.8 Å². The molecule has 12 heteroatoms. The maximum Gasteiger partial charge on any atom is 0.265 e. The zero-order valence-corrected chi connectivity index (χ0v) is 31.5. The number of methoxy groups -OCH3 is 3. The van der Waals surface area contributed by atoms with E-state index >= 15 is 4.79 Å². The summed E-state index contributed by atoms with van der Waals surface area (Å²) in [6, 6.07) is 11.8. The highest BCUT2D eigenvalue weighted by atomic mass is 32.2. The van der Waals surface area contributed by atoms with Crippen molar-refractivity contribution in [3.63, 3.8) is 0 Å².